The number of halogens is 1. The van der Waals surface area contributed by atoms with Crippen molar-refractivity contribution in [2.24, 2.45) is 5.92 Å². The number of carbonyl (C=O) groups is 2. The summed E-state index contributed by atoms with van der Waals surface area (Å²) in [6.07, 6.45) is 1.84. The Bertz CT molecular complexity index is 1460. The molecule has 2 aromatic carbocycles. The fourth-order valence-electron chi connectivity index (χ4n) is 5.16. The molecule has 2 aliphatic rings. The second-order valence-corrected chi connectivity index (χ2v) is 10.8. The molecule has 0 unspecified atom stereocenters. The third-order valence-electron chi connectivity index (χ3n) is 7.25. The van der Waals surface area contributed by atoms with Crippen LogP contribution < -0.4 is 10.5 Å². The molecule has 8 heteroatoms. The van der Waals surface area contributed by atoms with Crippen molar-refractivity contribution in [2.75, 3.05) is 18.0 Å². The molecule has 0 atom stereocenters. The van der Waals surface area contributed by atoms with Crippen LogP contribution in [-0.4, -0.2) is 39.6 Å². The van der Waals surface area contributed by atoms with Crippen LogP contribution in [0.3, 0.4) is 0 Å². The number of amides is 2. The van der Waals surface area contributed by atoms with Gasteiger partial charge >= 0.3 is 0 Å². The van der Waals surface area contributed by atoms with Crippen LogP contribution in [0.25, 0.3) is 11.3 Å². The minimum atomic E-state index is -0.467. The number of aromatic nitrogens is 2. The molecule has 3 heterocycles. The highest BCUT2D eigenvalue weighted by Gasteiger charge is 2.45. The highest BCUT2D eigenvalue weighted by atomic mass is 35.5. The summed E-state index contributed by atoms with van der Waals surface area (Å²) in [4.78, 5) is 45.3. The minimum Gasteiger partial charge on any atom is -0.366 e. The number of rotatable bonds is 5. The first-order chi connectivity index (χ1) is 17.7. The summed E-state index contributed by atoms with van der Waals surface area (Å²) < 4.78 is 1.43. The SMILES string of the molecule is Cc1cccc(N2C(=O)C(c3c(C(C)C)[nH]n(-c4ccc(Cl)cc4)c3=O)=C(N3CCC(C)CC3)C2=O)c1. The number of anilines is 1. The Hall–Kier alpha value is -3.58. The number of aryl methyl sites for hydroxylation is 1. The summed E-state index contributed by atoms with van der Waals surface area (Å²) in [7, 11) is 0. The van der Waals surface area contributed by atoms with Crippen LogP contribution in [0.15, 0.2) is 59.0 Å². The Morgan fingerprint density at radius 2 is 1.62 bits per heavy atom. The number of nitrogens with one attached hydrogen (secondary N) is 1. The van der Waals surface area contributed by atoms with E-state index in [9.17, 15) is 14.4 Å². The van der Waals surface area contributed by atoms with Gasteiger partial charge in [0.2, 0.25) is 0 Å². The number of benzene rings is 2. The normalized spacial score (nSPS) is 17.0. The fraction of sp³-hybridized carbons (Fsp3) is 0.345. The molecule has 192 valence electrons. The largest absolute Gasteiger partial charge is 0.366 e. The zero-order valence-electron chi connectivity index (χ0n) is 21.5. The Kier molecular flexibility index (Phi) is 6.58. The minimum absolute atomic E-state index is 0.0951. The number of imide groups is 1. The van der Waals surface area contributed by atoms with Crippen LogP contribution in [0.2, 0.25) is 5.02 Å². The summed E-state index contributed by atoms with van der Waals surface area (Å²) >= 11 is 6.07. The molecule has 0 spiro atoms. The van der Waals surface area contributed by atoms with Gasteiger partial charge in [0.1, 0.15) is 5.70 Å². The van der Waals surface area contributed by atoms with E-state index in [-0.39, 0.29) is 28.5 Å². The first kappa shape index (κ1) is 25.1. The molecule has 0 bridgehead atoms. The van der Waals surface area contributed by atoms with Crippen LogP contribution in [0.1, 0.15) is 56.4 Å². The molecule has 37 heavy (non-hydrogen) atoms. The first-order valence-corrected chi connectivity index (χ1v) is 13.1. The van der Waals surface area contributed by atoms with E-state index in [1.54, 1.807) is 30.3 Å². The van der Waals surface area contributed by atoms with Gasteiger partial charge in [-0.1, -0.05) is 44.5 Å². The number of carbonyl (C=O) groups excluding carboxylic acids is 2. The standard InChI is InChI=1S/C29H31ClN4O3/c1-17(2)25-23(28(36)34(31-25)21-10-8-20(30)9-11-21)24-26(32-14-12-18(3)13-15-32)29(37)33(27(24)35)22-7-5-6-19(4)16-22/h5-11,16-18,31H,12-15H2,1-4H3. The van der Waals surface area contributed by atoms with E-state index in [0.29, 0.717) is 46.8 Å². The van der Waals surface area contributed by atoms with Crippen LogP contribution in [-0.2, 0) is 9.59 Å². The maximum atomic E-state index is 14.1. The van der Waals surface area contributed by atoms with Gasteiger partial charge in [-0.25, -0.2) is 9.58 Å². The molecule has 1 aromatic heterocycles. The molecule has 2 amide bonds. The van der Waals surface area contributed by atoms with Crippen molar-refractivity contribution in [3.63, 3.8) is 0 Å². The van der Waals surface area contributed by atoms with Gasteiger partial charge < -0.3 is 4.90 Å². The topological polar surface area (TPSA) is 78.4 Å². The zero-order valence-corrected chi connectivity index (χ0v) is 22.3. The van der Waals surface area contributed by atoms with Gasteiger partial charge in [-0.2, -0.15) is 0 Å². The molecule has 1 saturated heterocycles. The van der Waals surface area contributed by atoms with Gasteiger partial charge in [0.05, 0.1) is 22.5 Å². The number of H-pyrrole nitrogens is 1. The van der Waals surface area contributed by atoms with Crippen LogP contribution >= 0.6 is 11.6 Å². The molecule has 3 aromatic rings. The number of aromatic amines is 1. The van der Waals surface area contributed by atoms with Crippen molar-refractivity contribution in [1.82, 2.24) is 14.7 Å². The van der Waals surface area contributed by atoms with Gasteiger partial charge in [0.15, 0.2) is 0 Å². The monoisotopic (exact) mass is 518 g/mol. The summed E-state index contributed by atoms with van der Waals surface area (Å²) in [5, 5.41) is 3.78. The van der Waals surface area contributed by atoms with Gasteiger partial charge in [-0.3, -0.25) is 19.5 Å². The van der Waals surface area contributed by atoms with Crippen LogP contribution in [0.4, 0.5) is 5.69 Å². The quantitative estimate of drug-likeness (QED) is 0.467. The molecule has 5 rings (SSSR count). The average Bonchev–Trinajstić information content (AvgIpc) is 3.33. The van der Waals surface area contributed by atoms with Crippen molar-refractivity contribution in [3.8, 4) is 5.69 Å². The maximum absolute atomic E-state index is 14.1. The van der Waals surface area contributed by atoms with E-state index < -0.39 is 5.91 Å². The highest BCUT2D eigenvalue weighted by Crippen LogP contribution is 2.38. The molecule has 2 aliphatic heterocycles. The number of hydrogen-bond donors (Lipinski definition) is 1. The second kappa shape index (κ2) is 9.71. The van der Waals surface area contributed by atoms with Crippen LogP contribution in [0.5, 0.6) is 0 Å². The average molecular weight is 519 g/mol. The summed E-state index contributed by atoms with van der Waals surface area (Å²) in [5.74, 6) is -0.401. The van der Waals surface area contributed by atoms with Crippen molar-refractivity contribution in [3.05, 3.63) is 86.4 Å². The predicted molar refractivity (Wildman–Crippen MR) is 146 cm³/mol. The summed E-state index contributed by atoms with van der Waals surface area (Å²) in [6.45, 7) is 9.36. The van der Waals surface area contributed by atoms with Crippen molar-refractivity contribution >= 4 is 34.7 Å². The molecule has 0 saturated carbocycles. The van der Waals surface area contributed by atoms with Crippen molar-refractivity contribution < 1.29 is 9.59 Å². The van der Waals surface area contributed by atoms with Gasteiger partial charge in [0, 0.05) is 23.8 Å². The Morgan fingerprint density at radius 1 is 0.946 bits per heavy atom. The summed E-state index contributed by atoms with van der Waals surface area (Å²) in [6, 6.07) is 14.2. The number of likely N-dealkylation sites (tertiary alicyclic amines) is 1. The zero-order chi connectivity index (χ0) is 26.4. The number of hydrogen-bond acceptors (Lipinski definition) is 4. The molecule has 0 radical (unpaired) electrons. The van der Waals surface area contributed by atoms with Crippen molar-refractivity contribution in [1.29, 1.82) is 0 Å². The second-order valence-electron chi connectivity index (χ2n) is 10.4. The Morgan fingerprint density at radius 3 is 2.24 bits per heavy atom. The fourth-order valence-corrected chi connectivity index (χ4v) is 5.28. The van der Waals surface area contributed by atoms with Crippen LogP contribution in [0, 0.1) is 12.8 Å². The number of nitrogens with zero attached hydrogens (tertiary/aromatic N) is 3. The lowest BCUT2D eigenvalue weighted by Gasteiger charge is -2.32. The van der Waals surface area contributed by atoms with Gasteiger partial charge in [-0.05, 0) is 73.6 Å². The number of piperidine rings is 1. The van der Waals surface area contributed by atoms with E-state index in [4.69, 9.17) is 11.6 Å². The van der Waals surface area contributed by atoms with E-state index in [0.717, 1.165) is 18.4 Å². The lowest BCUT2D eigenvalue weighted by atomic mass is 9.95. The highest BCUT2D eigenvalue weighted by molar-refractivity contribution is 6.45. The lowest BCUT2D eigenvalue weighted by molar-refractivity contribution is -0.120. The smallest absolute Gasteiger partial charge is 0.282 e. The molecule has 1 fully saturated rings. The molecule has 7 nitrogen and oxygen atoms in total. The Labute approximate surface area is 221 Å². The van der Waals surface area contributed by atoms with E-state index in [1.165, 1.54) is 9.58 Å². The maximum Gasteiger partial charge on any atom is 0.282 e. The van der Waals surface area contributed by atoms with E-state index in [2.05, 4.69) is 12.0 Å². The van der Waals surface area contributed by atoms with Crippen molar-refractivity contribution in [2.45, 2.75) is 46.5 Å². The molecular weight excluding hydrogens is 488 g/mol. The summed E-state index contributed by atoms with van der Waals surface area (Å²) in [5.41, 5.74) is 3.05. The van der Waals surface area contributed by atoms with E-state index in [1.807, 2.05) is 43.9 Å². The van der Waals surface area contributed by atoms with E-state index >= 15 is 0 Å². The molecule has 1 N–H and O–H groups in total. The first-order valence-electron chi connectivity index (χ1n) is 12.7. The lowest BCUT2D eigenvalue weighted by Crippen LogP contribution is -2.38. The molecular formula is C29H31ClN4O3. The third kappa shape index (κ3) is 4.42. The van der Waals surface area contributed by atoms with Gasteiger partial charge in [0.25, 0.3) is 17.4 Å². The Balaban J connectivity index is 1.73. The van der Waals surface area contributed by atoms with Gasteiger partial charge in [-0.15, -0.1) is 0 Å². The molecule has 0 aliphatic carbocycles. The predicted octanol–water partition coefficient (Wildman–Crippen LogP) is 5.27. The third-order valence-corrected chi connectivity index (χ3v) is 7.50.